The maximum atomic E-state index is 12.7. The fraction of sp³-hybridized carbons (Fsp3) is 0.250. The van der Waals surface area contributed by atoms with Gasteiger partial charge in [0.2, 0.25) is 5.91 Å². The Morgan fingerprint density at radius 1 is 1.10 bits per heavy atom. The van der Waals surface area contributed by atoms with Crippen molar-refractivity contribution >= 4 is 27.9 Å². The monoisotopic (exact) mass is 403 g/mol. The van der Waals surface area contributed by atoms with Crippen LogP contribution >= 0.6 is 11.3 Å². The number of imidazole rings is 1. The normalized spacial score (nSPS) is 11.2. The van der Waals surface area contributed by atoms with E-state index in [-0.39, 0.29) is 5.91 Å². The van der Waals surface area contributed by atoms with Crippen molar-refractivity contribution in [2.75, 3.05) is 5.32 Å². The Bertz CT molecular complexity index is 1160. The number of anilines is 1. The van der Waals surface area contributed by atoms with E-state index in [1.165, 1.54) is 11.1 Å². The molecule has 0 radical (unpaired) electrons. The molecular formula is C24H25N3OS. The largest absolute Gasteiger partial charge is 0.325 e. The lowest BCUT2D eigenvalue weighted by Crippen LogP contribution is -2.17. The van der Waals surface area contributed by atoms with Gasteiger partial charge >= 0.3 is 0 Å². The average molecular weight is 404 g/mol. The summed E-state index contributed by atoms with van der Waals surface area (Å²) < 4.78 is 2.03. The summed E-state index contributed by atoms with van der Waals surface area (Å²) in [7, 11) is 0. The van der Waals surface area contributed by atoms with Gasteiger partial charge in [-0.1, -0.05) is 48.9 Å². The Labute approximate surface area is 175 Å². The number of amides is 1. The minimum absolute atomic E-state index is 0.0118. The molecule has 2 heterocycles. The highest BCUT2D eigenvalue weighted by Gasteiger charge is 2.14. The molecule has 2 aromatic carbocycles. The van der Waals surface area contributed by atoms with Gasteiger partial charge in [0.05, 0.1) is 12.1 Å². The van der Waals surface area contributed by atoms with E-state index in [9.17, 15) is 4.79 Å². The van der Waals surface area contributed by atoms with Crippen LogP contribution in [-0.2, 0) is 17.6 Å². The molecule has 0 bridgehead atoms. The number of benzene rings is 2. The summed E-state index contributed by atoms with van der Waals surface area (Å²) in [5.41, 5.74) is 8.59. The van der Waals surface area contributed by atoms with Gasteiger partial charge in [-0.2, -0.15) is 0 Å². The zero-order valence-corrected chi connectivity index (χ0v) is 18.1. The van der Waals surface area contributed by atoms with Gasteiger partial charge in [-0.05, 0) is 43.9 Å². The number of rotatable bonds is 5. The standard InChI is InChI=1S/C24H25N3OS/c1-5-18-6-8-19(9-7-18)21-13-27-20(14-29-24(27)25-21)12-22(28)26-23-16(3)10-15(2)11-17(23)4/h6-11,13-14H,5,12H2,1-4H3,(H,26,28). The Hall–Kier alpha value is -2.92. The van der Waals surface area contributed by atoms with Gasteiger partial charge in [0, 0.05) is 28.5 Å². The van der Waals surface area contributed by atoms with Crippen molar-refractivity contribution < 1.29 is 4.79 Å². The number of hydrogen-bond donors (Lipinski definition) is 1. The van der Waals surface area contributed by atoms with E-state index in [0.717, 1.165) is 45.1 Å². The molecule has 148 valence electrons. The molecular weight excluding hydrogens is 378 g/mol. The number of aryl methyl sites for hydroxylation is 4. The van der Waals surface area contributed by atoms with Gasteiger partial charge in [-0.3, -0.25) is 9.20 Å². The number of hydrogen-bond acceptors (Lipinski definition) is 3. The number of fused-ring (bicyclic) bond motifs is 1. The smallest absolute Gasteiger partial charge is 0.230 e. The second kappa shape index (κ2) is 7.84. The van der Waals surface area contributed by atoms with Crippen LogP contribution in [0.25, 0.3) is 16.2 Å². The molecule has 0 saturated heterocycles. The van der Waals surface area contributed by atoms with Crippen LogP contribution in [0, 0.1) is 20.8 Å². The first-order valence-electron chi connectivity index (χ1n) is 9.87. The molecule has 29 heavy (non-hydrogen) atoms. The summed E-state index contributed by atoms with van der Waals surface area (Å²) >= 11 is 1.57. The van der Waals surface area contributed by atoms with Crippen LogP contribution in [0.15, 0.2) is 48.0 Å². The third-order valence-electron chi connectivity index (χ3n) is 5.22. The number of carbonyl (C=O) groups is 1. The van der Waals surface area contributed by atoms with Gasteiger partial charge in [0.1, 0.15) is 0 Å². The Morgan fingerprint density at radius 3 is 2.45 bits per heavy atom. The van der Waals surface area contributed by atoms with Crippen molar-refractivity contribution in [3.8, 4) is 11.3 Å². The van der Waals surface area contributed by atoms with Crippen LogP contribution in [0.4, 0.5) is 5.69 Å². The summed E-state index contributed by atoms with van der Waals surface area (Å²) in [5, 5.41) is 5.11. The predicted octanol–water partition coefficient (Wildman–Crippen LogP) is 5.73. The zero-order valence-electron chi connectivity index (χ0n) is 17.2. The Morgan fingerprint density at radius 2 is 1.79 bits per heavy atom. The lowest BCUT2D eigenvalue weighted by Gasteiger charge is -2.12. The Kier molecular flexibility index (Phi) is 5.24. The van der Waals surface area contributed by atoms with Crippen molar-refractivity contribution in [1.82, 2.24) is 9.38 Å². The topological polar surface area (TPSA) is 46.4 Å². The fourth-order valence-corrected chi connectivity index (χ4v) is 4.61. The number of aromatic nitrogens is 2. The number of nitrogens with zero attached hydrogens (tertiary/aromatic N) is 2. The van der Waals surface area contributed by atoms with Crippen LogP contribution < -0.4 is 5.32 Å². The minimum atomic E-state index is -0.0118. The average Bonchev–Trinajstić information content (AvgIpc) is 3.27. The lowest BCUT2D eigenvalue weighted by atomic mass is 10.0. The van der Waals surface area contributed by atoms with Crippen LogP contribution in [0.3, 0.4) is 0 Å². The van der Waals surface area contributed by atoms with E-state index in [2.05, 4.69) is 55.6 Å². The van der Waals surface area contributed by atoms with E-state index in [4.69, 9.17) is 4.98 Å². The van der Waals surface area contributed by atoms with E-state index in [1.54, 1.807) is 11.3 Å². The van der Waals surface area contributed by atoms with E-state index in [1.807, 2.05) is 29.8 Å². The first-order valence-corrected chi connectivity index (χ1v) is 10.7. The maximum absolute atomic E-state index is 12.7. The van der Waals surface area contributed by atoms with E-state index in [0.29, 0.717) is 6.42 Å². The molecule has 1 amide bonds. The highest BCUT2D eigenvalue weighted by atomic mass is 32.1. The second-order valence-corrected chi connectivity index (χ2v) is 8.39. The first kappa shape index (κ1) is 19.4. The predicted molar refractivity (Wildman–Crippen MR) is 121 cm³/mol. The highest BCUT2D eigenvalue weighted by Crippen LogP contribution is 2.25. The molecule has 2 aromatic heterocycles. The SMILES string of the molecule is CCc1ccc(-c2cn3c(CC(=O)Nc4c(C)cc(C)cc4C)csc3n2)cc1. The molecule has 0 unspecified atom stereocenters. The fourth-order valence-electron chi connectivity index (χ4n) is 3.73. The number of nitrogens with one attached hydrogen (secondary N) is 1. The first-order chi connectivity index (χ1) is 13.9. The molecule has 4 aromatic rings. The molecule has 1 N–H and O–H groups in total. The van der Waals surface area contributed by atoms with Crippen LogP contribution in [0.5, 0.6) is 0 Å². The van der Waals surface area contributed by atoms with E-state index < -0.39 is 0 Å². The second-order valence-electron chi connectivity index (χ2n) is 7.55. The molecule has 0 spiro atoms. The van der Waals surface area contributed by atoms with E-state index >= 15 is 0 Å². The molecule has 0 fully saturated rings. The zero-order chi connectivity index (χ0) is 20.5. The minimum Gasteiger partial charge on any atom is -0.325 e. The van der Waals surface area contributed by atoms with Gasteiger partial charge in [-0.15, -0.1) is 11.3 Å². The molecule has 4 rings (SSSR count). The third-order valence-corrected chi connectivity index (χ3v) is 6.11. The number of carbonyl (C=O) groups excluding carboxylic acids is 1. The van der Waals surface area contributed by atoms with Gasteiger partial charge < -0.3 is 5.32 Å². The molecule has 5 heteroatoms. The summed E-state index contributed by atoms with van der Waals surface area (Å²) in [6, 6.07) is 12.7. The molecule has 4 nitrogen and oxygen atoms in total. The highest BCUT2D eigenvalue weighted by molar-refractivity contribution is 7.15. The molecule has 0 aliphatic rings. The van der Waals surface area contributed by atoms with Crippen molar-refractivity contribution in [3.63, 3.8) is 0 Å². The van der Waals surface area contributed by atoms with Crippen LogP contribution in [0.2, 0.25) is 0 Å². The van der Waals surface area contributed by atoms with Crippen LogP contribution in [-0.4, -0.2) is 15.3 Å². The molecule has 0 atom stereocenters. The summed E-state index contributed by atoms with van der Waals surface area (Å²) in [4.78, 5) is 18.4. The van der Waals surface area contributed by atoms with Gasteiger partial charge in [0.15, 0.2) is 4.96 Å². The molecule has 0 aliphatic carbocycles. The molecule has 0 aliphatic heterocycles. The summed E-state index contributed by atoms with van der Waals surface area (Å²) in [6.45, 7) is 8.29. The third kappa shape index (κ3) is 3.96. The van der Waals surface area contributed by atoms with Crippen molar-refractivity contribution in [2.24, 2.45) is 0 Å². The van der Waals surface area contributed by atoms with Crippen molar-refractivity contribution in [3.05, 3.63) is 75.9 Å². The summed E-state index contributed by atoms with van der Waals surface area (Å²) in [6.07, 6.45) is 3.37. The van der Waals surface area contributed by atoms with Crippen LogP contribution in [0.1, 0.15) is 34.9 Å². The number of thiazole rings is 1. The Balaban J connectivity index is 1.55. The maximum Gasteiger partial charge on any atom is 0.230 e. The molecule has 0 saturated carbocycles. The van der Waals surface area contributed by atoms with Crippen molar-refractivity contribution in [2.45, 2.75) is 40.5 Å². The quantitative estimate of drug-likeness (QED) is 0.462. The lowest BCUT2D eigenvalue weighted by molar-refractivity contribution is -0.115. The van der Waals surface area contributed by atoms with Gasteiger partial charge in [-0.25, -0.2) is 4.98 Å². The summed E-state index contributed by atoms with van der Waals surface area (Å²) in [5.74, 6) is -0.0118. The van der Waals surface area contributed by atoms with Crippen molar-refractivity contribution in [1.29, 1.82) is 0 Å². The van der Waals surface area contributed by atoms with Gasteiger partial charge in [0.25, 0.3) is 0 Å².